The molecule has 0 aromatic heterocycles. The van der Waals surface area contributed by atoms with Gasteiger partial charge in [-0.05, 0) is 31.8 Å². The standard InChI is InChI=1S/C24H44N2/c1-7-13-15-16-18-20-23(19-17-14-8-2)26(12-6)24(21-25-11-5)22(9-3)10-4/h9,11,21,23H,3,5,7-8,10,12-20H2,1-2,4,6H3/b24-22-,25-21-. The van der Waals surface area contributed by atoms with Crippen LogP contribution in [0.5, 0.6) is 0 Å². The van der Waals surface area contributed by atoms with Crippen LogP contribution in [-0.2, 0) is 0 Å². The van der Waals surface area contributed by atoms with Crippen LogP contribution in [0.4, 0.5) is 0 Å². The summed E-state index contributed by atoms with van der Waals surface area (Å²) in [6, 6.07) is 0.598. The highest BCUT2D eigenvalue weighted by molar-refractivity contribution is 5.80. The molecule has 0 N–H and O–H groups in total. The Balaban J connectivity index is 5.34. The van der Waals surface area contributed by atoms with Crippen LogP contribution in [0.2, 0.25) is 0 Å². The van der Waals surface area contributed by atoms with Gasteiger partial charge in [0.05, 0.1) is 11.9 Å². The Morgan fingerprint density at radius 2 is 1.46 bits per heavy atom. The Morgan fingerprint density at radius 1 is 0.885 bits per heavy atom. The van der Waals surface area contributed by atoms with Gasteiger partial charge in [0, 0.05) is 18.8 Å². The van der Waals surface area contributed by atoms with Crippen LogP contribution >= 0.6 is 0 Å². The molecule has 1 atom stereocenters. The molecule has 1 unspecified atom stereocenters. The van der Waals surface area contributed by atoms with E-state index in [0.717, 1.165) is 13.0 Å². The van der Waals surface area contributed by atoms with Crippen LogP contribution < -0.4 is 0 Å². The van der Waals surface area contributed by atoms with Gasteiger partial charge in [0.1, 0.15) is 0 Å². The molecule has 0 aromatic rings. The van der Waals surface area contributed by atoms with Crippen molar-refractivity contribution in [3.63, 3.8) is 0 Å². The fourth-order valence-corrected chi connectivity index (χ4v) is 3.59. The van der Waals surface area contributed by atoms with Gasteiger partial charge < -0.3 is 4.90 Å². The summed E-state index contributed by atoms with van der Waals surface area (Å²) in [5.74, 6) is 0. The van der Waals surface area contributed by atoms with Crippen molar-refractivity contribution in [2.24, 2.45) is 4.99 Å². The average molecular weight is 361 g/mol. The molecule has 150 valence electrons. The second-order valence-corrected chi connectivity index (χ2v) is 7.07. The van der Waals surface area contributed by atoms with E-state index in [9.17, 15) is 0 Å². The maximum absolute atomic E-state index is 4.35. The largest absolute Gasteiger partial charge is 0.367 e. The molecule has 2 heteroatoms. The molecule has 0 rings (SSSR count). The third-order valence-electron chi connectivity index (χ3n) is 5.13. The molecule has 26 heavy (non-hydrogen) atoms. The Bertz CT molecular complexity index is 420. The minimum Gasteiger partial charge on any atom is -0.367 e. The van der Waals surface area contributed by atoms with E-state index in [-0.39, 0.29) is 0 Å². The summed E-state index contributed by atoms with van der Waals surface area (Å²) in [5.41, 5.74) is 2.52. The molecule has 0 spiro atoms. The number of rotatable bonds is 17. The van der Waals surface area contributed by atoms with Gasteiger partial charge in [-0.25, -0.2) is 0 Å². The topological polar surface area (TPSA) is 15.6 Å². The van der Waals surface area contributed by atoms with E-state index in [1.807, 2.05) is 12.3 Å². The van der Waals surface area contributed by atoms with Crippen molar-refractivity contribution in [2.75, 3.05) is 6.54 Å². The third-order valence-corrected chi connectivity index (χ3v) is 5.13. The lowest BCUT2D eigenvalue weighted by molar-refractivity contribution is 0.237. The predicted molar refractivity (Wildman–Crippen MR) is 120 cm³/mol. The molecule has 0 aliphatic carbocycles. The van der Waals surface area contributed by atoms with Crippen molar-refractivity contribution in [1.29, 1.82) is 0 Å². The molecule has 0 amide bonds. The summed E-state index contributed by atoms with van der Waals surface area (Å²) in [6.45, 7) is 17.8. The molecule has 0 fully saturated rings. The zero-order valence-electron chi connectivity index (χ0n) is 18.1. The van der Waals surface area contributed by atoms with Gasteiger partial charge in [-0.3, -0.25) is 4.99 Å². The van der Waals surface area contributed by atoms with Crippen LogP contribution in [0.15, 0.2) is 41.7 Å². The van der Waals surface area contributed by atoms with E-state index in [2.05, 4.69) is 50.7 Å². The van der Waals surface area contributed by atoms with E-state index in [1.165, 1.54) is 75.5 Å². The van der Waals surface area contributed by atoms with Crippen molar-refractivity contribution in [1.82, 2.24) is 4.90 Å². The second-order valence-electron chi connectivity index (χ2n) is 7.07. The maximum atomic E-state index is 4.35. The van der Waals surface area contributed by atoms with Crippen molar-refractivity contribution in [3.8, 4) is 0 Å². The molecular weight excluding hydrogens is 316 g/mol. The van der Waals surface area contributed by atoms with Crippen molar-refractivity contribution >= 4 is 6.21 Å². The molecule has 0 heterocycles. The lowest BCUT2D eigenvalue weighted by atomic mass is 9.98. The number of unbranched alkanes of at least 4 members (excludes halogenated alkanes) is 6. The lowest BCUT2D eigenvalue weighted by Gasteiger charge is -2.35. The molecule has 0 radical (unpaired) electrons. The highest BCUT2D eigenvalue weighted by Crippen LogP contribution is 2.24. The highest BCUT2D eigenvalue weighted by Gasteiger charge is 2.20. The van der Waals surface area contributed by atoms with Crippen LogP contribution in [0.1, 0.15) is 98.3 Å². The van der Waals surface area contributed by atoms with Gasteiger partial charge >= 0.3 is 0 Å². The zero-order valence-corrected chi connectivity index (χ0v) is 18.1. The number of hydrogen-bond acceptors (Lipinski definition) is 2. The Kier molecular flexibility index (Phi) is 16.3. The van der Waals surface area contributed by atoms with Gasteiger partial charge in [0.25, 0.3) is 0 Å². The van der Waals surface area contributed by atoms with Gasteiger partial charge in [-0.15, -0.1) is 0 Å². The fourth-order valence-electron chi connectivity index (χ4n) is 3.59. The summed E-state index contributed by atoms with van der Waals surface area (Å²) in [7, 11) is 0. The first-order chi connectivity index (χ1) is 12.7. The van der Waals surface area contributed by atoms with Crippen LogP contribution in [-0.4, -0.2) is 23.7 Å². The van der Waals surface area contributed by atoms with Crippen molar-refractivity contribution in [2.45, 2.75) is 104 Å². The van der Waals surface area contributed by atoms with E-state index >= 15 is 0 Å². The number of hydrogen-bond donors (Lipinski definition) is 0. The van der Waals surface area contributed by atoms with Crippen LogP contribution in [0.3, 0.4) is 0 Å². The van der Waals surface area contributed by atoms with Crippen molar-refractivity contribution < 1.29 is 0 Å². The first kappa shape index (κ1) is 24.7. The highest BCUT2D eigenvalue weighted by atomic mass is 15.2. The van der Waals surface area contributed by atoms with E-state index in [1.54, 1.807) is 6.20 Å². The van der Waals surface area contributed by atoms with E-state index in [4.69, 9.17) is 0 Å². The van der Waals surface area contributed by atoms with Crippen LogP contribution in [0, 0.1) is 0 Å². The minimum atomic E-state index is 0.598. The number of allylic oxidation sites excluding steroid dienone is 3. The fraction of sp³-hybridized carbons (Fsp3) is 0.708. The first-order valence-electron chi connectivity index (χ1n) is 11.0. The summed E-state index contributed by atoms with van der Waals surface area (Å²) < 4.78 is 0. The summed E-state index contributed by atoms with van der Waals surface area (Å²) >= 11 is 0. The normalized spacial score (nSPS) is 13.5. The molecule has 2 nitrogen and oxygen atoms in total. The predicted octanol–water partition coefficient (Wildman–Crippen LogP) is 7.68. The Hall–Kier alpha value is -1.31. The molecular formula is C24H44N2. The summed E-state index contributed by atoms with van der Waals surface area (Å²) in [5, 5.41) is 0. The molecule has 0 saturated heterocycles. The first-order valence-corrected chi connectivity index (χ1v) is 11.0. The SMILES string of the molecule is C=C/N=C\C(=C(/C=C)CC)N(CC)C(CCCCC)CCCCCCC. The smallest absolute Gasteiger partial charge is 0.0586 e. The van der Waals surface area contributed by atoms with E-state index < -0.39 is 0 Å². The zero-order chi connectivity index (χ0) is 19.6. The van der Waals surface area contributed by atoms with E-state index in [0.29, 0.717) is 6.04 Å². The lowest BCUT2D eigenvalue weighted by Crippen LogP contribution is -2.36. The van der Waals surface area contributed by atoms with Crippen LogP contribution in [0.25, 0.3) is 0 Å². The van der Waals surface area contributed by atoms with Gasteiger partial charge in [-0.2, -0.15) is 0 Å². The summed E-state index contributed by atoms with van der Waals surface area (Å²) in [6.07, 6.45) is 19.8. The average Bonchev–Trinajstić information content (AvgIpc) is 2.66. The molecule has 0 aliphatic heterocycles. The monoisotopic (exact) mass is 360 g/mol. The van der Waals surface area contributed by atoms with Gasteiger partial charge in [-0.1, -0.05) is 91.4 Å². The second kappa shape index (κ2) is 17.1. The number of nitrogens with zero attached hydrogens (tertiary/aromatic N) is 2. The third kappa shape index (κ3) is 9.99. The number of aliphatic imine (C=N–C) groups is 1. The minimum absolute atomic E-state index is 0.598. The molecule has 0 aromatic carbocycles. The molecule has 0 bridgehead atoms. The van der Waals surface area contributed by atoms with Gasteiger partial charge in [0.15, 0.2) is 0 Å². The maximum Gasteiger partial charge on any atom is 0.0586 e. The van der Waals surface area contributed by atoms with Gasteiger partial charge in [0.2, 0.25) is 0 Å². The molecule has 0 aliphatic rings. The molecule has 0 saturated carbocycles. The Labute approximate surface area is 164 Å². The van der Waals surface area contributed by atoms with Crippen molar-refractivity contribution in [3.05, 3.63) is 36.7 Å². The quantitative estimate of drug-likeness (QED) is 0.147. The summed E-state index contributed by atoms with van der Waals surface area (Å²) in [4.78, 5) is 6.92. The Morgan fingerprint density at radius 3 is 1.96 bits per heavy atom.